The lowest BCUT2D eigenvalue weighted by molar-refractivity contribution is -0.384. The Hall–Kier alpha value is -3.07. The SMILES string of the molecule is O=C(OCc1cc(=O)n2ccsc2n1)c1ccc([N+](=O)[O-])cc1. The maximum atomic E-state index is 11.9. The van der Waals surface area contributed by atoms with Crippen LogP contribution in [0.3, 0.4) is 0 Å². The Labute approximate surface area is 132 Å². The third-order valence-corrected chi connectivity index (χ3v) is 3.78. The fraction of sp³-hybridized carbons (Fsp3) is 0.0714. The highest BCUT2D eigenvalue weighted by molar-refractivity contribution is 7.15. The summed E-state index contributed by atoms with van der Waals surface area (Å²) < 4.78 is 6.48. The van der Waals surface area contributed by atoms with Gasteiger partial charge in [0.2, 0.25) is 0 Å². The summed E-state index contributed by atoms with van der Waals surface area (Å²) in [5, 5.41) is 12.3. The molecule has 8 nitrogen and oxygen atoms in total. The minimum Gasteiger partial charge on any atom is -0.456 e. The first-order valence-electron chi connectivity index (χ1n) is 6.42. The molecular weight excluding hydrogens is 322 g/mol. The molecule has 23 heavy (non-hydrogen) atoms. The van der Waals surface area contributed by atoms with Crippen molar-refractivity contribution in [3.8, 4) is 0 Å². The van der Waals surface area contributed by atoms with Crippen LogP contribution in [0.25, 0.3) is 4.96 Å². The molecule has 3 aromatic rings. The summed E-state index contributed by atoms with van der Waals surface area (Å²) in [4.78, 5) is 38.4. The number of hydrogen-bond donors (Lipinski definition) is 0. The van der Waals surface area contributed by atoms with Crippen molar-refractivity contribution in [1.29, 1.82) is 0 Å². The lowest BCUT2D eigenvalue weighted by atomic mass is 10.2. The molecule has 9 heteroatoms. The van der Waals surface area contributed by atoms with Crippen LogP contribution in [0.4, 0.5) is 5.69 Å². The van der Waals surface area contributed by atoms with Crippen molar-refractivity contribution in [3.63, 3.8) is 0 Å². The van der Waals surface area contributed by atoms with Crippen molar-refractivity contribution in [2.45, 2.75) is 6.61 Å². The third kappa shape index (κ3) is 3.09. The number of carbonyl (C=O) groups excluding carboxylic acids is 1. The number of ether oxygens (including phenoxy) is 1. The summed E-state index contributed by atoms with van der Waals surface area (Å²) in [6.07, 6.45) is 1.61. The third-order valence-electron chi connectivity index (χ3n) is 3.02. The Kier molecular flexibility index (Phi) is 3.85. The van der Waals surface area contributed by atoms with Crippen molar-refractivity contribution in [2.24, 2.45) is 0 Å². The second-order valence-corrected chi connectivity index (χ2v) is 5.39. The number of nitrogens with zero attached hydrogens (tertiary/aromatic N) is 3. The van der Waals surface area contributed by atoms with Gasteiger partial charge in [0, 0.05) is 29.8 Å². The number of esters is 1. The van der Waals surface area contributed by atoms with E-state index in [1.807, 2.05) is 0 Å². The summed E-state index contributed by atoms with van der Waals surface area (Å²) in [6, 6.07) is 6.36. The van der Waals surface area contributed by atoms with E-state index >= 15 is 0 Å². The molecule has 0 saturated heterocycles. The first-order chi connectivity index (χ1) is 11.0. The number of hydrogen-bond acceptors (Lipinski definition) is 7. The average molecular weight is 331 g/mol. The van der Waals surface area contributed by atoms with Gasteiger partial charge in [-0.15, -0.1) is 11.3 Å². The largest absolute Gasteiger partial charge is 0.456 e. The molecule has 0 atom stereocenters. The van der Waals surface area contributed by atoms with E-state index in [1.54, 1.807) is 11.6 Å². The molecular formula is C14H9N3O5S. The van der Waals surface area contributed by atoms with Gasteiger partial charge in [0.05, 0.1) is 16.2 Å². The molecule has 1 aromatic carbocycles. The predicted octanol–water partition coefficient (Wildman–Crippen LogP) is 2.02. The first-order valence-corrected chi connectivity index (χ1v) is 7.30. The molecule has 0 N–H and O–H groups in total. The molecule has 0 aliphatic carbocycles. The lowest BCUT2D eigenvalue weighted by Crippen LogP contribution is -2.14. The number of rotatable bonds is 4. The maximum Gasteiger partial charge on any atom is 0.338 e. The molecule has 0 saturated carbocycles. The molecule has 0 bridgehead atoms. The van der Waals surface area contributed by atoms with E-state index in [-0.39, 0.29) is 23.4 Å². The van der Waals surface area contributed by atoms with Gasteiger partial charge in [-0.2, -0.15) is 0 Å². The second kappa shape index (κ2) is 5.97. The maximum absolute atomic E-state index is 11.9. The number of carbonyl (C=O) groups is 1. The van der Waals surface area contributed by atoms with Gasteiger partial charge in [-0.1, -0.05) is 0 Å². The highest BCUT2D eigenvalue weighted by atomic mass is 32.1. The number of aromatic nitrogens is 2. The molecule has 0 aliphatic heterocycles. The molecule has 0 amide bonds. The van der Waals surface area contributed by atoms with Crippen LogP contribution in [0, 0.1) is 10.1 Å². The van der Waals surface area contributed by atoms with E-state index in [9.17, 15) is 19.7 Å². The molecule has 116 valence electrons. The summed E-state index contributed by atoms with van der Waals surface area (Å²) >= 11 is 1.30. The lowest BCUT2D eigenvalue weighted by Gasteiger charge is -2.04. The number of nitro groups is 1. The van der Waals surface area contributed by atoms with Crippen molar-refractivity contribution in [3.05, 3.63) is 73.6 Å². The number of non-ortho nitro benzene ring substituents is 1. The van der Waals surface area contributed by atoms with Gasteiger partial charge in [0.1, 0.15) is 6.61 Å². The van der Waals surface area contributed by atoms with E-state index in [0.717, 1.165) is 0 Å². The summed E-state index contributed by atoms with van der Waals surface area (Å²) in [5.74, 6) is -0.645. The molecule has 2 heterocycles. The van der Waals surface area contributed by atoms with Gasteiger partial charge in [-0.05, 0) is 12.1 Å². The molecule has 0 radical (unpaired) electrons. The fourth-order valence-electron chi connectivity index (χ4n) is 1.90. The second-order valence-electron chi connectivity index (χ2n) is 4.52. The van der Waals surface area contributed by atoms with Crippen LogP contribution in [-0.2, 0) is 11.3 Å². The topological polar surface area (TPSA) is 104 Å². The van der Waals surface area contributed by atoms with E-state index in [4.69, 9.17) is 4.74 Å². The van der Waals surface area contributed by atoms with Gasteiger partial charge < -0.3 is 4.74 Å². The van der Waals surface area contributed by atoms with E-state index < -0.39 is 10.9 Å². The van der Waals surface area contributed by atoms with Crippen LogP contribution < -0.4 is 5.56 Å². The van der Waals surface area contributed by atoms with Crippen molar-refractivity contribution >= 4 is 28.0 Å². The van der Waals surface area contributed by atoms with Crippen LogP contribution >= 0.6 is 11.3 Å². The van der Waals surface area contributed by atoms with Gasteiger partial charge in [-0.25, -0.2) is 9.78 Å². The van der Waals surface area contributed by atoms with Crippen LogP contribution in [0.5, 0.6) is 0 Å². The fourth-order valence-corrected chi connectivity index (χ4v) is 2.64. The van der Waals surface area contributed by atoms with Crippen LogP contribution in [0.1, 0.15) is 16.1 Å². The Morgan fingerprint density at radius 1 is 1.35 bits per heavy atom. The molecule has 0 spiro atoms. The number of nitro benzene ring substituents is 1. The molecule has 0 fully saturated rings. The van der Waals surface area contributed by atoms with Gasteiger partial charge in [-0.3, -0.25) is 19.3 Å². The highest BCUT2D eigenvalue weighted by Crippen LogP contribution is 2.13. The quantitative estimate of drug-likeness (QED) is 0.411. The minimum atomic E-state index is -0.645. The van der Waals surface area contributed by atoms with E-state index in [0.29, 0.717) is 10.7 Å². The zero-order chi connectivity index (χ0) is 16.4. The summed E-state index contributed by atoms with van der Waals surface area (Å²) in [6.45, 7) is -0.153. The standard InChI is InChI=1S/C14H9N3O5S/c18-12-7-10(15-14-16(12)5-6-23-14)8-22-13(19)9-1-3-11(4-2-9)17(20)21/h1-7H,8H2. The monoisotopic (exact) mass is 331 g/mol. The van der Waals surface area contributed by atoms with Gasteiger partial charge in [0.25, 0.3) is 11.2 Å². The molecule has 0 unspecified atom stereocenters. The van der Waals surface area contributed by atoms with Crippen LogP contribution in [-0.4, -0.2) is 20.3 Å². The normalized spacial score (nSPS) is 10.6. The molecule has 0 aliphatic rings. The first kappa shape index (κ1) is 14.9. The van der Waals surface area contributed by atoms with Crippen LogP contribution in [0.2, 0.25) is 0 Å². The van der Waals surface area contributed by atoms with Crippen LogP contribution in [0.15, 0.2) is 46.7 Å². The van der Waals surface area contributed by atoms with Gasteiger partial charge >= 0.3 is 5.97 Å². The zero-order valence-corrected chi connectivity index (χ0v) is 12.4. The van der Waals surface area contributed by atoms with E-state index in [1.165, 1.54) is 46.1 Å². The van der Waals surface area contributed by atoms with Crippen molar-refractivity contribution < 1.29 is 14.5 Å². The van der Waals surface area contributed by atoms with Gasteiger partial charge in [0.15, 0.2) is 4.96 Å². The predicted molar refractivity (Wildman–Crippen MR) is 81.6 cm³/mol. The number of thiazole rings is 1. The highest BCUT2D eigenvalue weighted by Gasteiger charge is 2.12. The Morgan fingerprint density at radius 3 is 2.78 bits per heavy atom. The average Bonchev–Trinajstić information content (AvgIpc) is 3.02. The Morgan fingerprint density at radius 2 is 2.09 bits per heavy atom. The minimum absolute atomic E-state index is 0.112. The van der Waals surface area contributed by atoms with E-state index in [2.05, 4.69) is 4.98 Å². The smallest absolute Gasteiger partial charge is 0.338 e. The Bertz CT molecular complexity index is 945. The zero-order valence-electron chi connectivity index (χ0n) is 11.5. The Balaban J connectivity index is 1.72. The number of benzene rings is 1. The number of fused-ring (bicyclic) bond motifs is 1. The summed E-state index contributed by atoms with van der Waals surface area (Å²) in [5.41, 5.74) is 0.161. The van der Waals surface area contributed by atoms with Crippen molar-refractivity contribution in [1.82, 2.24) is 9.38 Å². The summed E-state index contributed by atoms with van der Waals surface area (Å²) in [7, 11) is 0. The van der Waals surface area contributed by atoms with Crippen molar-refractivity contribution in [2.75, 3.05) is 0 Å². The molecule has 3 rings (SSSR count). The molecule has 2 aromatic heterocycles.